The summed E-state index contributed by atoms with van der Waals surface area (Å²) < 4.78 is 156. The van der Waals surface area contributed by atoms with Crippen molar-refractivity contribution in [3.05, 3.63) is 169 Å². The summed E-state index contributed by atoms with van der Waals surface area (Å²) in [6, 6.07) is 6.06. The number of hydrogen-bond acceptors (Lipinski definition) is 0. The molecule has 8 aromatic carbocycles. The highest BCUT2D eigenvalue weighted by atomic mass is 14.2. The molecule has 8 rings (SSSR count). The second-order valence-electron chi connectivity index (χ2n) is 9.57. The van der Waals surface area contributed by atoms with E-state index in [0.29, 0.717) is 22.1 Å². The third-order valence-electron chi connectivity index (χ3n) is 7.26. The van der Waals surface area contributed by atoms with Crippen molar-refractivity contribution in [2.75, 3.05) is 0 Å². The summed E-state index contributed by atoms with van der Waals surface area (Å²) in [7, 11) is 0. The van der Waals surface area contributed by atoms with Gasteiger partial charge in [-0.3, -0.25) is 0 Å². The predicted molar refractivity (Wildman–Crippen MR) is 181 cm³/mol. The van der Waals surface area contributed by atoms with E-state index in [4.69, 9.17) is 21.9 Å². The van der Waals surface area contributed by atoms with E-state index >= 15 is 0 Å². The van der Waals surface area contributed by atoms with Crippen LogP contribution in [0.25, 0.3) is 76.8 Å². The third kappa shape index (κ3) is 4.08. The molecular formula is C42H28. The average molecular weight is 551 g/mol. The molecule has 0 heteroatoms. The Morgan fingerprint density at radius 3 is 1.40 bits per heavy atom. The Kier molecular flexibility index (Phi) is 2.95. The van der Waals surface area contributed by atoms with Gasteiger partial charge in [-0.15, -0.1) is 0 Å². The van der Waals surface area contributed by atoms with Crippen LogP contribution < -0.4 is 0 Å². The molecule has 0 amide bonds. The van der Waals surface area contributed by atoms with E-state index in [2.05, 4.69) is 0 Å². The molecule has 0 fully saturated rings. The van der Waals surface area contributed by atoms with Crippen LogP contribution >= 0.6 is 0 Å². The molecule has 0 saturated heterocycles. The summed E-state index contributed by atoms with van der Waals surface area (Å²) in [4.78, 5) is 0. The van der Waals surface area contributed by atoms with Gasteiger partial charge in [-0.2, -0.15) is 0 Å². The average Bonchev–Trinajstić information content (AvgIpc) is 3.25. The van der Waals surface area contributed by atoms with Gasteiger partial charge < -0.3 is 0 Å². The zero-order valence-electron chi connectivity index (χ0n) is 39.8. The van der Waals surface area contributed by atoms with E-state index in [1.54, 1.807) is 42.5 Å². The van der Waals surface area contributed by atoms with Crippen LogP contribution in [0.3, 0.4) is 0 Å². The Labute approximate surface area is 271 Å². The first-order valence-electron chi connectivity index (χ1n) is 22.1. The Hall–Kier alpha value is -5.46. The van der Waals surface area contributed by atoms with Gasteiger partial charge in [0.1, 0.15) is 0 Å². The van der Waals surface area contributed by atoms with Crippen molar-refractivity contribution >= 4 is 32.3 Å². The fourth-order valence-electron chi connectivity index (χ4n) is 5.44. The fraction of sp³-hybridized carbons (Fsp3) is 0. The summed E-state index contributed by atoms with van der Waals surface area (Å²) in [6.07, 6.45) is 0. The lowest BCUT2D eigenvalue weighted by molar-refractivity contribution is 1.61. The minimum Gasteiger partial charge on any atom is -0.0622 e. The second-order valence-corrected chi connectivity index (χ2v) is 9.57. The maximum atomic E-state index is 9.20. The van der Waals surface area contributed by atoms with Crippen LogP contribution in [0.1, 0.15) is 24.7 Å². The largest absolute Gasteiger partial charge is 0.0629 e. The summed E-state index contributed by atoms with van der Waals surface area (Å²) in [6.45, 7) is 0. The summed E-state index contributed by atoms with van der Waals surface area (Å²) in [5.74, 6) is 0. The number of rotatable bonds is 4. The first kappa shape index (κ1) is 12.2. The molecule has 0 N–H and O–H groups in total. The van der Waals surface area contributed by atoms with E-state index in [1.807, 2.05) is 18.2 Å². The van der Waals surface area contributed by atoms with E-state index in [1.165, 1.54) is 0 Å². The van der Waals surface area contributed by atoms with Crippen molar-refractivity contribution in [1.29, 1.82) is 0 Å². The van der Waals surface area contributed by atoms with E-state index < -0.39 is 102 Å². The van der Waals surface area contributed by atoms with Crippen molar-refractivity contribution in [2.24, 2.45) is 0 Å². The molecule has 196 valence electrons. The summed E-state index contributed by atoms with van der Waals surface area (Å²) in [5, 5.41) is 0.418. The standard InChI is InChI=1S/C42H28/c1-3-13-29(14-4-1)34-27-33-17-7-8-18-35(33)40(28-34)30-23-25-32(26-24-30)42-38-21-11-9-19-36(38)41(31-15-5-2-6-16-31)37-20-10-12-22-39(37)42/h1-28H/i1D,2D,3D,4D,5D,6D,9D,10D,11D,12D,13D,14D,15D,16D,19D,20D,21D,22D. The van der Waals surface area contributed by atoms with Crippen LogP contribution in [-0.4, -0.2) is 0 Å². The van der Waals surface area contributed by atoms with Crippen molar-refractivity contribution in [3.63, 3.8) is 0 Å². The molecule has 0 unspecified atom stereocenters. The summed E-state index contributed by atoms with van der Waals surface area (Å²) >= 11 is 0. The topological polar surface area (TPSA) is 0 Å². The van der Waals surface area contributed by atoms with Crippen molar-refractivity contribution in [2.45, 2.75) is 0 Å². The maximum absolute atomic E-state index is 9.20. The molecule has 0 aromatic heterocycles. The monoisotopic (exact) mass is 550 g/mol. The molecule has 0 saturated carbocycles. The molecule has 0 spiro atoms. The molecule has 0 aliphatic carbocycles. The van der Waals surface area contributed by atoms with Gasteiger partial charge in [-0.25, -0.2) is 0 Å². The van der Waals surface area contributed by atoms with Crippen LogP contribution in [0.15, 0.2) is 169 Å². The highest BCUT2D eigenvalue weighted by molar-refractivity contribution is 6.21. The lowest BCUT2D eigenvalue weighted by atomic mass is 9.85. The first-order valence-corrected chi connectivity index (χ1v) is 13.1. The van der Waals surface area contributed by atoms with Crippen molar-refractivity contribution in [1.82, 2.24) is 0 Å². The first-order chi connectivity index (χ1) is 28.3. The van der Waals surface area contributed by atoms with Gasteiger partial charge in [0.25, 0.3) is 0 Å². The van der Waals surface area contributed by atoms with Gasteiger partial charge in [0.2, 0.25) is 0 Å². The van der Waals surface area contributed by atoms with E-state index in [-0.39, 0.29) is 55.9 Å². The number of benzene rings is 8. The van der Waals surface area contributed by atoms with Crippen LogP contribution in [0.4, 0.5) is 0 Å². The lowest BCUT2D eigenvalue weighted by Crippen LogP contribution is -1.91. The minimum absolute atomic E-state index is 0.00466. The Bertz CT molecular complexity index is 3090. The summed E-state index contributed by atoms with van der Waals surface area (Å²) in [5.41, 5.74) is 0.920. The molecule has 0 aliphatic heterocycles. The Balaban J connectivity index is 1.50. The molecule has 8 aromatic rings. The highest BCUT2D eigenvalue weighted by Crippen LogP contribution is 2.44. The van der Waals surface area contributed by atoms with Crippen LogP contribution in [0, 0.1) is 0 Å². The molecular weight excluding hydrogens is 504 g/mol. The SMILES string of the molecule is [2H]c1c([2H])c([2H])c(-c2cc(-c3ccc(-c4c5c([2H])c([2H])c([2H])c([2H])c5c(-c5c([2H])c([2H])c([2H])c([2H])c5[2H])c5c([2H])c([2H])c([2H])c([2H])c45)cc3)c3ccccc3c2)c([2H])c1[2H]. The highest BCUT2D eigenvalue weighted by Gasteiger charge is 2.16. The van der Waals surface area contributed by atoms with E-state index in [0.717, 1.165) is 5.39 Å². The molecule has 42 heavy (non-hydrogen) atoms. The lowest BCUT2D eigenvalue weighted by Gasteiger charge is -2.18. The normalized spacial score (nSPS) is 17.3. The molecule has 0 atom stereocenters. The third-order valence-corrected chi connectivity index (χ3v) is 7.26. The van der Waals surface area contributed by atoms with E-state index in [9.17, 15) is 2.74 Å². The second kappa shape index (κ2) is 10.2. The predicted octanol–water partition coefficient (Wildman–Crippen LogP) is 11.8. The quantitative estimate of drug-likeness (QED) is 0.191. The molecule has 0 aliphatic rings. The molecule has 0 radical (unpaired) electrons. The van der Waals surface area contributed by atoms with Crippen LogP contribution in [-0.2, 0) is 0 Å². The van der Waals surface area contributed by atoms with Crippen LogP contribution in [0.2, 0.25) is 0 Å². The van der Waals surface area contributed by atoms with Gasteiger partial charge in [-0.05, 0) is 89.0 Å². The Morgan fingerprint density at radius 1 is 0.333 bits per heavy atom. The van der Waals surface area contributed by atoms with Crippen molar-refractivity contribution in [3.8, 4) is 44.5 Å². The van der Waals surface area contributed by atoms with Crippen molar-refractivity contribution < 1.29 is 24.7 Å². The van der Waals surface area contributed by atoms with Gasteiger partial charge in [0.05, 0.1) is 24.7 Å². The molecule has 0 bridgehead atoms. The Morgan fingerprint density at radius 2 is 0.810 bits per heavy atom. The molecule has 0 heterocycles. The molecule has 0 nitrogen and oxygen atoms in total. The number of fused-ring (bicyclic) bond motifs is 3. The maximum Gasteiger partial charge on any atom is 0.0629 e. The van der Waals surface area contributed by atoms with Gasteiger partial charge in [0.15, 0.2) is 0 Å². The minimum atomic E-state index is -0.753. The number of hydrogen-bond donors (Lipinski definition) is 0. The zero-order chi connectivity index (χ0) is 43.5. The van der Waals surface area contributed by atoms with Gasteiger partial charge >= 0.3 is 0 Å². The zero-order valence-corrected chi connectivity index (χ0v) is 21.8. The van der Waals surface area contributed by atoms with Gasteiger partial charge in [-0.1, -0.05) is 157 Å². The fourth-order valence-corrected chi connectivity index (χ4v) is 5.44. The van der Waals surface area contributed by atoms with Gasteiger partial charge in [0, 0.05) is 0 Å². The van der Waals surface area contributed by atoms with Crippen LogP contribution in [0.5, 0.6) is 0 Å². The smallest absolute Gasteiger partial charge is 0.0622 e.